The van der Waals surface area contributed by atoms with E-state index in [0.29, 0.717) is 28.2 Å². The number of carbonyl (C=O) groups excluding carboxylic acids is 3. The van der Waals surface area contributed by atoms with Gasteiger partial charge in [-0.2, -0.15) is 0 Å². The fraction of sp³-hybridized carbons (Fsp3) is 0.161. The highest BCUT2D eigenvalue weighted by Gasteiger charge is 2.33. The van der Waals surface area contributed by atoms with Crippen molar-refractivity contribution in [3.8, 4) is 5.75 Å². The molecule has 0 saturated heterocycles. The number of benzene rings is 3. The summed E-state index contributed by atoms with van der Waals surface area (Å²) >= 11 is 0. The van der Waals surface area contributed by atoms with Gasteiger partial charge in [0.2, 0.25) is 5.91 Å². The number of H-pyrrole nitrogens is 1. The lowest BCUT2D eigenvalue weighted by molar-refractivity contribution is -0.131. The topological polar surface area (TPSA) is 108 Å². The number of methoxy groups -OCH3 is 1. The third-order valence-electron chi connectivity index (χ3n) is 6.69. The van der Waals surface area contributed by atoms with E-state index in [1.54, 1.807) is 84.8 Å². The molecule has 1 aliphatic heterocycles. The molecule has 41 heavy (non-hydrogen) atoms. The molecule has 10 heteroatoms. The second-order valence-electron chi connectivity index (χ2n) is 9.66. The molecular weight excluding hydrogens is 522 g/mol. The number of imidazole rings is 1. The maximum atomic E-state index is 13.9. The van der Waals surface area contributed by atoms with Crippen LogP contribution in [-0.4, -0.2) is 51.9 Å². The number of aromatic amines is 1. The third kappa shape index (κ3) is 5.40. The quantitative estimate of drug-likeness (QED) is 0.276. The zero-order valence-corrected chi connectivity index (χ0v) is 22.9. The monoisotopic (exact) mass is 551 g/mol. The summed E-state index contributed by atoms with van der Waals surface area (Å²) < 4.78 is 6.46. The van der Waals surface area contributed by atoms with Crippen LogP contribution in [0.4, 0.5) is 11.4 Å². The number of para-hydroxylation sites is 3. The van der Waals surface area contributed by atoms with Gasteiger partial charge in [-0.05, 0) is 62.4 Å². The number of nitrogens with zero attached hydrogens (tertiary/aromatic N) is 4. The van der Waals surface area contributed by atoms with E-state index in [1.165, 1.54) is 33.0 Å². The summed E-state index contributed by atoms with van der Waals surface area (Å²) in [7, 11) is 1.56. The van der Waals surface area contributed by atoms with Gasteiger partial charge in [0.25, 0.3) is 11.8 Å². The summed E-state index contributed by atoms with van der Waals surface area (Å²) in [6.07, 6.45) is 4.10. The van der Waals surface area contributed by atoms with Crippen molar-refractivity contribution in [2.75, 3.05) is 23.5 Å². The van der Waals surface area contributed by atoms with E-state index in [9.17, 15) is 19.2 Å². The minimum Gasteiger partial charge on any atom is -0.497 e. The van der Waals surface area contributed by atoms with Crippen LogP contribution < -0.4 is 20.2 Å². The molecule has 5 rings (SSSR count). The molecule has 1 N–H and O–H groups in total. The highest BCUT2D eigenvalue weighted by molar-refractivity contribution is 6.27. The number of nitrogens with one attached hydrogen (secondary N) is 1. The molecule has 0 aliphatic carbocycles. The molecule has 1 aliphatic rings. The summed E-state index contributed by atoms with van der Waals surface area (Å²) in [5, 5.41) is 0. The average molecular weight is 552 g/mol. The van der Waals surface area contributed by atoms with Crippen LogP contribution in [0.1, 0.15) is 13.8 Å². The van der Waals surface area contributed by atoms with Gasteiger partial charge in [0, 0.05) is 36.0 Å². The third-order valence-corrected chi connectivity index (χ3v) is 6.69. The number of anilines is 2. The van der Waals surface area contributed by atoms with Gasteiger partial charge in [0.1, 0.15) is 17.9 Å². The minimum atomic E-state index is -0.714. The molecule has 0 fully saturated rings. The number of rotatable bonds is 7. The molecule has 3 amide bonds. The highest BCUT2D eigenvalue weighted by atomic mass is 16.5. The van der Waals surface area contributed by atoms with Crippen LogP contribution in [-0.2, 0) is 14.4 Å². The maximum Gasteiger partial charge on any atom is 0.330 e. The summed E-state index contributed by atoms with van der Waals surface area (Å²) in [5.41, 5.74) is 1.44. The van der Waals surface area contributed by atoms with Gasteiger partial charge in [-0.15, -0.1) is 0 Å². The van der Waals surface area contributed by atoms with Crippen molar-refractivity contribution in [2.24, 2.45) is 0 Å². The van der Waals surface area contributed by atoms with E-state index in [1.807, 2.05) is 19.9 Å². The van der Waals surface area contributed by atoms with Crippen LogP contribution in [0.3, 0.4) is 0 Å². The van der Waals surface area contributed by atoms with Crippen molar-refractivity contribution in [3.05, 3.63) is 107 Å². The van der Waals surface area contributed by atoms with E-state index in [4.69, 9.17) is 4.74 Å². The Kier molecular flexibility index (Phi) is 7.55. The van der Waals surface area contributed by atoms with Crippen LogP contribution in [0.5, 0.6) is 5.75 Å². The molecular formula is C31H29N5O5. The summed E-state index contributed by atoms with van der Waals surface area (Å²) in [4.78, 5) is 61.0. The normalized spacial score (nSPS) is 14.7. The molecule has 0 unspecified atom stereocenters. The Hall–Kier alpha value is -5.38. The second kappa shape index (κ2) is 11.4. The first-order valence-corrected chi connectivity index (χ1v) is 13.0. The lowest BCUT2D eigenvalue weighted by atomic mass is 10.2. The SMILES string of the molecule is COc1ccc(N(C(=O)CN2C=CN(c3ccccc3)C(=O)/C(=C\n3c(=O)[nH]c4ccccc43)C2=O)C(C)C)cc1. The Bertz CT molecular complexity index is 1720. The fourth-order valence-electron chi connectivity index (χ4n) is 4.71. The molecule has 10 nitrogen and oxygen atoms in total. The smallest absolute Gasteiger partial charge is 0.330 e. The molecule has 1 aromatic heterocycles. The fourth-order valence-corrected chi connectivity index (χ4v) is 4.71. The van der Waals surface area contributed by atoms with Crippen LogP contribution in [0, 0.1) is 0 Å². The van der Waals surface area contributed by atoms with E-state index in [-0.39, 0.29) is 24.1 Å². The Morgan fingerprint density at radius 3 is 2.27 bits per heavy atom. The van der Waals surface area contributed by atoms with Gasteiger partial charge < -0.3 is 19.5 Å². The van der Waals surface area contributed by atoms with Crippen LogP contribution in [0.15, 0.2) is 102 Å². The Balaban J connectivity index is 1.55. The van der Waals surface area contributed by atoms with Gasteiger partial charge in [-0.25, -0.2) is 4.79 Å². The van der Waals surface area contributed by atoms with Crippen molar-refractivity contribution < 1.29 is 19.1 Å². The predicted molar refractivity (Wildman–Crippen MR) is 157 cm³/mol. The van der Waals surface area contributed by atoms with Gasteiger partial charge in [-0.3, -0.25) is 23.9 Å². The van der Waals surface area contributed by atoms with Crippen LogP contribution in [0.25, 0.3) is 17.2 Å². The van der Waals surface area contributed by atoms with Gasteiger partial charge in [0.05, 0.1) is 18.1 Å². The second-order valence-corrected chi connectivity index (χ2v) is 9.66. The van der Waals surface area contributed by atoms with Gasteiger partial charge in [0.15, 0.2) is 0 Å². The molecule has 3 aromatic carbocycles. The number of amides is 3. The minimum absolute atomic E-state index is 0.218. The number of ether oxygens (including phenoxy) is 1. The van der Waals surface area contributed by atoms with Crippen LogP contribution >= 0.6 is 0 Å². The number of hydrogen-bond donors (Lipinski definition) is 1. The molecule has 208 valence electrons. The lowest BCUT2D eigenvalue weighted by Crippen LogP contribution is -2.44. The molecule has 0 spiro atoms. The molecule has 2 heterocycles. The summed E-state index contributed by atoms with van der Waals surface area (Å²) in [6, 6.07) is 22.6. The first kappa shape index (κ1) is 27.2. The Morgan fingerprint density at radius 1 is 0.902 bits per heavy atom. The molecule has 0 saturated carbocycles. The Morgan fingerprint density at radius 2 is 1.59 bits per heavy atom. The van der Waals surface area contributed by atoms with Crippen molar-refractivity contribution >= 4 is 46.3 Å². The number of hydrogen-bond acceptors (Lipinski definition) is 5. The Labute approximate surface area is 236 Å². The zero-order chi connectivity index (χ0) is 29.1. The molecule has 0 atom stereocenters. The lowest BCUT2D eigenvalue weighted by Gasteiger charge is -2.29. The molecule has 0 radical (unpaired) electrons. The first-order chi connectivity index (χ1) is 19.8. The van der Waals surface area contributed by atoms with E-state index < -0.39 is 17.5 Å². The maximum absolute atomic E-state index is 13.9. The number of carbonyl (C=O) groups is 3. The highest BCUT2D eigenvalue weighted by Crippen LogP contribution is 2.25. The van der Waals surface area contributed by atoms with E-state index >= 15 is 0 Å². The number of fused-ring (bicyclic) bond motifs is 1. The van der Waals surface area contributed by atoms with Crippen molar-refractivity contribution in [1.29, 1.82) is 0 Å². The largest absolute Gasteiger partial charge is 0.497 e. The van der Waals surface area contributed by atoms with Crippen molar-refractivity contribution in [2.45, 2.75) is 19.9 Å². The number of aromatic nitrogens is 2. The first-order valence-electron chi connectivity index (χ1n) is 13.0. The van der Waals surface area contributed by atoms with E-state index in [0.717, 1.165) is 0 Å². The summed E-state index contributed by atoms with van der Waals surface area (Å²) in [5.74, 6) is -1.06. The summed E-state index contributed by atoms with van der Waals surface area (Å²) in [6.45, 7) is 3.41. The van der Waals surface area contributed by atoms with E-state index in [2.05, 4.69) is 4.98 Å². The standard InChI is InChI=1S/C31H29N5O5/c1-21(2)36(23-13-15-24(41-3)16-14-23)28(37)20-33-17-18-34(22-9-5-4-6-10-22)30(39)25(29(33)38)19-35-27-12-8-7-11-26(27)32-31(35)40/h4-19,21H,20H2,1-3H3,(H,32,40)/b25-19-. The van der Waals surface area contributed by atoms with Gasteiger partial charge in [-0.1, -0.05) is 30.3 Å². The molecule has 4 aromatic rings. The van der Waals surface area contributed by atoms with Gasteiger partial charge >= 0.3 is 5.69 Å². The molecule has 0 bridgehead atoms. The predicted octanol–water partition coefficient (Wildman–Crippen LogP) is 3.97. The average Bonchev–Trinajstić information content (AvgIpc) is 3.24. The van der Waals surface area contributed by atoms with Crippen LogP contribution in [0.2, 0.25) is 0 Å². The van der Waals surface area contributed by atoms with Crippen molar-refractivity contribution in [3.63, 3.8) is 0 Å². The van der Waals surface area contributed by atoms with Crippen molar-refractivity contribution in [1.82, 2.24) is 14.5 Å². The zero-order valence-electron chi connectivity index (χ0n) is 22.9.